The second-order valence-electron chi connectivity index (χ2n) is 7.82. The van der Waals surface area contributed by atoms with Gasteiger partial charge in [-0.3, -0.25) is 4.90 Å². The molecule has 3 fully saturated rings. The predicted molar refractivity (Wildman–Crippen MR) is 86.0 cm³/mol. The fraction of sp³-hybridized carbons (Fsp3) is 1.00. The van der Waals surface area contributed by atoms with Gasteiger partial charge in [-0.25, -0.2) is 0 Å². The highest BCUT2D eigenvalue weighted by Crippen LogP contribution is 2.41. The van der Waals surface area contributed by atoms with Crippen molar-refractivity contribution >= 4 is 0 Å². The van der Waals surface area contributed by atoms with Gasteiger partial charge in [0.25, 0.3) is 0 Å². The molecule has 2 nitrogen and oxygen atoms in total. The van der Waals surface area contributed by atoms with Crippen LogP contribution in [0, 0.1) is 11.3 Å². The third-order valence-electron chi connectivity index (χ3n) is 6.38. The smallest absolute Gasteiger partial charge is 0.0124 e. The molecule has 116 valence electrons. The fourth-order valence-corrected chi connectivity index (χ4v) is 5.37. The van der Waals surface area contributed by atoms with Crippen LogP contribution in [0.4, 0.5) is 0 Å². The van der Waals surface area contributed by atoms with Gasteiger partial charge in [0.1, 0.15) is 0 Å². The van der Waals surface area contributed by atoms with E-state index < -0.39 is 0 Å². The van der Waals surface area contributed by atoms with E-state index in [0.717, 1.165) is 12.0 Å². The molecule has 2 aliphatic carbocycles. The third kappa shape index (κ3) is 3.22. The normalized spacial score (nSPS) is 34.6. The first-order valence-electron chi connectivity index (χ1n) is 9.22. The lowest BCUT2D eigenvalue weighted by atomic mass is 9.78. The van der Waals surface area contributed by atoms with E-state index >= 15 is 0 Å². The number of rotatable bonds is 4. The van der Waals surface area contributed by atoms with Crippen LogP contribution in [0.5, 0.6) is 0 Å². The minimum Gasteiger partial charge on any atom is -0.319 e. The lowest BCUT2D eigenvalue weighted by Gasteiger charge is -2.40. The van der Waals surface area contributed by atoms with Gasteiger partial charge in [0.2, 0.25) is 0 Å². The molecule has 1 aliphatic heterocycles. The maximum Gasteiger partial charge on any atom is 0.0124 e. The third-order valence-corrected chi connectivity index (χ3v) is 6.38. The number of likely N-dealkylation sites (tertiary alicyclic amines) is 1. The van der Waals surface area contributed by atoms with E-state index in [2.05, 4.69) is 17.3 Å². The van der Waals surface area contributed by atoms with E-state index in [1.165, 1.54) is 90.3 Å². The van der Waals surface area contributed by atoms with E-state index in [-0.39, 0.29) is 0 Å². The Hall–Kier alpha value is -0.0800. The maximum atomic E-state index is 3.53. The molecule has 0 aromatic rings. The van der Waals surface area contributed by atoms with E-state index in [4.69, 9.17) is 0 Å². The van der Waals surface area contributed by atoms with Gasteiger partial charge in [-0.15, -0.1) is 0 Å². The molecule has 2 heteroatoms. The minimum atomic E-state index is 0.581. The first kappa shape index (κ1) is 14.8. The summed E-state index contributed by atoms with van der Waals surface area (Å²) in [5.74, 6) is 1.04. The SMILES string of the molecule is CNCC1(CN2CCC3CCCCC32)CCCCCC1. The summed E-state index contributed by atoms with van der Waals surface area (Å²) in [5, 5.41) is 3.53. The summed E-state index contributed by atoms with van der Waals surface area (Å²) in [5.41, 5.74) is 0.581. The van der Waals surface area contributed by atoms with Gasteiger partial charge in [-0.2, -0.15) is 0 Å². The van der Waals surface area contributed by atoms with E-state index in [9.17, 15) is 0 Å². The van der Waals surface area contributed by atoms with Gasteiger partial charge >= 0.3 is 0 Å². The summed E-state index contributed by atoms with van der Waals surface area (Å²) >= 11 is 0. The number of hydrogen-bond acceptors (Lipinski definition) is 2. The van der Waals surface area contributed by atoms with Crippen LogP contribution in [0.25, 0.3) is 0 Å². The monoisotopic (exact) mass is 278 g/mol. The Morgan fingerprint density at radius 3 is 2.45 bits per heavy atom. The molecule has 0 aromatic heterocycles. The Balaban J connectivity index is 1.66. The van der Waals surface area contributed by atoms with Crippen LogP contribution in [0.1, 0.15) is 70.6 Å². The Kier molecular flexibility index (Phi) is 5.04. The van der Waals surface area contributed by atoms with Crippen LogP contribution in [-0.4, -0.2) is 37.6 Å². The molecule has 1 saturated heterocycles. The summed E-state index contributed by atoms with van der Waals surface area (Å²) in [7, 11) is 2.15. The Labute approximate surface area is 125 Å². The molecule has 0 bridgehead atoms. The highest BCUT2D eigenvalue weighted by molar-refractivity contribution is 4.94. The molecular weight excluding hydrogens is 244 g/mol. The molecule has 1 heterocycles. The van der Waals surface area contributed by atoms with Gasteiger partial charge in [0.05, 0.1) is 0 Å². The minimum absolute atomic E-state index is 0.581. The largest absolute Gasteiger partial charge is 0.319 e. The molecule has 0 amide bonds. The zero-order valence-electron chi connectivity index (χ0n) is 13.5. The van der Waals surface area contributed by atoms with Crippen molar-refractivity contribution in [1.29, 1.82) is 0 Å². The summed E-state index contributed by atoms with van der Waals surface area (Å²) in [6.07, 6.45) is 16.2. The molecule has 1 N–H and O–H groups in total. The highest BCUT2D eigenvalue weighted by Gasteiger charge is 2.40. The summed E-state index contributed by atoms with van der Waals surface area (Å²) in [6.45, 7) is 4.01. The zero-order valence-corrected chi connectivity index (χ0v) is 13.5. The molecule has 3 aliphatic rings. The molecule has 0 aromatic carbocycles. The Morgan fingerprint density at radius 2 is 1.70 bits per heavy atom. The van der Waals surface area contributed by atoms with Gasteiger partial charge in [0, 0.05) is 19.1 Å². The average molecular weight is 278 g/mol. The standard InChI is InChI=1S/C18H34N2/c1-19-14-18(11-6-2-3-7-12-18)15-20-13-10-16-8-4-5-9-17(16)20/h16-17,19H,2-15H2,1H3. The molecular formula is C18H34N2. The van der Waals surface area contributed by atoms with Gasteiger partial charge < -0.3 is 5.32 Å². The van der Waals surface area contributed by atoms with Crippen molar-refractivity contribution in [1.82, 2.24) is 10.2 Å². The van der Waals surface area contributed by atoms with E-state index in [0.29, 0.717) is 5.41 Å². The predicted octanol–water partition coefficient (Wildman–Crippen LogP) is 3.81. The zero-order chi connectivity index (χ0) is 13.8. The van der Waals surface area contributed by atoms with E-state index in [1.807, 2.05) is 0 Å². The van der Waals surface area contributed by atoms with Crippen LogP contribution < -0.4 is 5.32 Å². The van der Waals surface area contributed by atoms with Crippen molar-refractivity contribution in [2.24, 2.45) is 11.3 Å². The maximum absolute atomic E-state index is 3.53. The van der Waals surface area contributed by atoms with Crippen molar-refractivity contribution in [3.05, 3.63) is 0 Å². The van der Waals surface area contributed by atoms with Crippen LogP contribution >= 0.6 is 0 Å². The molecule has 0 radical (unpaired) electrons. The van der Waals surface area contributed by atoms with E-state index in [1.54, 1.807) is 0 Å². The highest BCUT2D eigenvalue weighted by atomic mass is 15.2. The molecule has 20 heavy (non-hydrogen) atoms. The van der Waals surface area contributed by atoms with Gasteiger partial charge in [-0.1, -0.05) is 38.5 Å². The van der Waals surface area contributed by atoms with Crippen molar-refractivity contribution < 1.29 is 0 Å². The van der Waals surface area contributed by atoms with Crippen molar-refractivity contribution in [2.45, 2.75) is 76.7 Å². The summed E-state index contributed by atoms with van der Waals surface area (Å²) in [4.78, 5) is 2.91. The number of nitrogens with one attached hydrogen (secondary N) is 1. The molecule has 2 unspecified atom stereocenters. The van der Waals surface area contributed by atoms with Crippen molar-refractivity contribution in [2.75, 3.05) is 26.7 Å². The van der Waals surface area contributed by atoms with Gasteiger partial charge in [-0.05, 0) is 57.0 Å². The quantitative estimate of drug-likeness (QED) is 0.787. The first-order valence-corrected chi connectivity index (χ1v) is 9.22. The molecule has 3 rings (SSSR count). The van der Waals surface area contributed by atoms with Crippen LogP contribution in [-0.2, 0) is 0 Å². The van der Waals surface area contributed by atoms with Crippen LogP contribution in [0.3, 0.4) is 0 Å². The summed E-state index contributed by atoms with van der Waals surface area (Å²) < 4.78 is 0. The Bertz CT molecular complexity index is 294. The number of nitrogens with zero attached hydrogens (tertiary/aromatic N) is 1. The van der Waals surface area contributed by atoms with Crippen LogP contribution in [0.15, 0.2) is 0 Å². The van der Waals surface area contributed by atoms with Crippen LogP contribution in [0.2, 0.25) is 0 Å². The Morgan fingerprint density at radius 1 is 0.950 bits per heavy atom. The lowest BCUT2D eigenvalue weighted by Crippen LogP contribution is -2.46. The lowest BCUT2D eigenvalue weighted by molar-refractivity contribution is 0.0964. The van der Waals surface area contributed by atoms with Crippen molar-refractivity contribution in [3.8, 4) is 0 Å². The topological polar surface area (TPSA) is 15.3 Å². The average Bonchev–Trinajstić information content (AvgIpc) is 2.72. The second-order valence-corrected chi connectivity index (χ2v) is 7.82. The van der Waals surface area contributed by atoms with Crippen molar-refractivity contribution in [3.63, 3.8) is 0 Å². The molecule has 2 saturated carbocycles. The number of hydrogen-bond donors (Lipinski definition) is 1. The number of fused-ring (bicyclic) bond motifs is 1. The fourth-order valence-electron chi connectivity index (χ4n) is 5.37. The van der Waals surface area contributed by atoms with Gasteiger partial charge in [0.15, 0.2) is 0 Å². The summed E-state index contributed by atoms with van der Waals surface area (Å²) in [6, 6.07) is 0.945. The first-order chi connectivity index (χ1) is 9.83. The molecule has 2 atom stereocenters. The second kappa shape index (κ2) is 6.79. The molecule has 0 spiro atoms.